The van der Waals surface area contributed by atoms with Crippen LogP contribution in [0.1, 0.15) is 27.8 Å². The van der Waals surface area contributed by atoms with E-state index >= 15 is 0 Å². The summed E-state index contributed by atoms with van der Waals surface area (Å²) in [6, 6.07) is 11.9. The molecule has 3 heterocycles. The first kappa shape index (κ1) is 22.6. The second-order valence-corrected chi connectivity index (χ2v) is 9.24. The molecule has 0 radical (unpaired) electrons. The molecular formula is C23H27N5O2S2. The fourth-order valence-electron chi connectivity index (χ4n) is 3.64. The number of likely N-dealkylation sites (N-methyl/N-ethyl adjacent to an activating group) is 1. The lowest BCUT2D eigenvalue weighted by molar-refractivity contribution is 0.0989. The van der Waals surface area contributed by atoms with Gasteiger partial charge in [0.25, 0.3) is 5.91 Å². The second kappa shape index (κ2) is 10.3. The van der Waals surface area contributed by atoms with Gasteiger partial charge in [-0.05, 0) is 43.4 Å². The number of benzene rings is 1. The molecule has 1 N–H and O–H groups in total. The van der Waals surface area contributed by atoms with E-state index in [0.29, 0.717) is 29.6 Å². The molecule has 1 aliphatic heterocycles. The van der Waals surface area contributed by atoms with Crippen molar-refractivity contribution in [2.24, 2.45) is 0 Å². The van der Waals surface area contributed by atoms with Gasteiger partial charge in [-0.25, -0.2) is 9.97 Å². The van der Waals surface area contributed by atoms with E-state index in [1.807, 2.05) is 55.6 Å². The smallest absolute Gasteiger partial charge is 0.263 e. The Morgan fingerprint density at radius 3 is 2.91 bits per heavy atom. The molecule has 4 rings (SSSR count). The van der Waals surface area contributed by atoms with E-state index in [2.05, 4.69) is 26.7 Å². The SMILES string of the molecule is CNCC[C@H](Oc1cccc(N2CCN(C)c3nc(SC)ncc3C2=O)c1)c1cccs1. The number of thiophene rings is 1. The van der Waals surface area contributed by atoms with Gasteiger partial charge in [-0.1, -0.05) is 23.9 Å². The van der Waals surface area contributed by atoms with Gasteiger partial charge in [0, 0.05) is 49.4 Å². The molecule has 0 bridgehead atoms. The van der Waals surface area contributed by atoms with E-state index in [-0.39, 0.29) is 12.0 Å². The maximum absolute atomic E-state index is 13.4. The minimum absolute atomic E-state index is 0.0391. The van der Waals surface area contributed by atoms with Crippen LogP contribution in [0.5, 0.6) is 5.75 Å². The summed E-state index contributed by atoms with van der Waals surface area (Å²) >= 11 is 3.16. The molecule has 0 unspecified atom stereocenters. The molecular weight excluding hydrogens is 442 g/mol. The van der Waals surface area contributed by atoms with E-state index < -0.39 is 0 Å². The lowest BCUT2D eigenvalue weighted by atomic mass is 10.2. The Morgan fingerprint density at radius 2 is 2.16 bits per heavy atom. The lowest BCUT2D eigenvalue weighted by Gasteiger charge is -2.23. The number of hydrogen-bond donors (Lipinski definition) is 1. The third kappa shape index (κ3) is 4.90. The number of rotatable bonds is 8. The Morgan fingerprint density at radius 1 is 1.28 bits per heavy atom. The highest BCUT2D eigenvalue weighted by atomic mass is 32.2. The number of ether oxygens (including phenoxy) is 1. The van der Waals surface area contributed by atoms with E-state index in [1.54, 1.807) is 22.4 Å². The minimum atomic E-state index is -0.0980. The van der Waals surface area contributed by atoms with Gasteiger partial charge in [0.05, 0.1) is 0 Å². The first-order valence-corrected chi connectivity index (χ1v) is 12.6. The van der Waals surface area contributed by atoms with Gasteiger partial charge in [-0.15, -0.1) is 11.3 Å². The summed E-state index contributed by atoms with van der Waals surface area (Å²) in [5.41, 5.74) is 1.32. The molecule has 32 heavy (non-hydrogen) atoms. The number of aromatic nitrogens is 2. The molecule has 0 saturated carbocycles. The van der Waals surface area contributed by atoms with E-state index in [9.17, 15) is 4.79 Å². The van der Waals surface area contributed by atoms with Crippen molar-refractivity contribution in [2.75, 3.05) is 49.8 Å². The van der Waals surface area contributed by atoms with E-state index in [1.165, 1.54) is 16.6 Å². The molecule has 1 amide bonds. The zero-order valence-corrected chi connectivity index (χ0v) is 20.1. The summed E-state index contributed by atoms with van der Waals surface area (Å²) in [5, 5.41) is 5.92. The highest BCUT2D eigenvalue weighted by Crippen LogP contribution is 2.32. The standard InChI is InChI=1S/C23H27N5O2S2/c1-24-10-9-19(20-8-5-13-32-20)30-17-7-4-6-16(14-17)28-12-11-27(2)21-18(22(28)29)15-25-23(26-21)31-3/h4-8,13-15,19,24H,9-12H2,1-3H3/t19-/m0/s1. The molecule has 2 aromatic heterocycles. The molecule has 9 heteroatoms. The number of anilines is 2. The fourth-order valence-corrected chi connectivity index (χ4v) is 4.77. The lowest BCUT2D eigenvalue weighted by Crippen LogP contribution is -2.33. The molecule has 0 aliphatic carbocycles. The van der Waals surface area contributed by atoms with Crippen LogP contribution in [-0.4, -0.2) is 55.9 Å². The number of carbonyl (C=O) groups is 1. The van der Waals surface area contributed by atoms with Crippen LogP contribution in [0.2, 0.25) is 0 Å². The maximum atomic E-state index is 13.4. The average molecular weight is 470 g/mol. The Kier molecular flexibility index (Phi) is 7.29. The minimum Gasteiger partial charge on any atom is -0.485 e. The number of thioether (sulfide) groups is 1. The van der Waals surface area contributed by atoms with Crippen LogP contribution in [0.25, 0.3) is 0 Å². The zero-order valence-electron chi connectivity index (χ0n) is 18.4. The summed E-state index contributed by atoms with van der Waals surface area (Å²) < 4.78 is 6.37. The van der Waals surface area contributed by atoms with Gasteiger partial charge in [0.1, 0.15) is 23.2 Å². The predicted octanol–water partition coefficient (Wildman–Crippen LogP) is 4.09. The van der Waals surface area contributed by atoms with Crippen molar-refractivity contribution >= 4 is 40.5 Å². The number of carbonyl (C=O) groups excluding carboxylic acids is 1. The van der Waals surface area contributed by atoms with Gasteiger partial charge in [0.2, 0.25) is 0 Å². The van der Waals surface area contributed by atoms with Crippen LogP contribution >= 0.6 is 23.1 Å². The topological polar surface area (TPSA) is 70.6 Å². The molecule has 0 fully saturated rings. The van der Waals surface area contributed by atoms with Crippen LogP contribution in [0.4, 0.5) is 11.5 Å². The third-order valence-electron chi connectivity index (χ3n) is 5.35. The highest BCUT2D eigenvalue weighted by Gasteiger charge is 2.28. The molecule has 1 atom stereocenters. The third-order valence-corrected chi connectivity index (χ3v) is 6.88. The van der Waals surface area contributed by atoms with Gasteiger partial charge >= 0.3 is 0 Å². The van der Waals surface area contributed by atoms with Crippen molar-refractivity contribution in [3.05, 3.63) is 58.4 Å². The van der Waals surface area contributed by atoms with Crippen LogP contribution in [0.15, 0.2) is 53.1 Å². The number of nitrogens with zero attached hydrogens (tertiary/aromatic N) is 4. The van der Waals surface area contributed by atoms with Gasteiger partial charge < -0.3 is 19.9 Å². The zero-order chi connectivity index (χ0) is 22.5. The largest absolute Gasteiger partial charge is 0.485 e. The van der Waals surface area contributed by atoms with Gasteiger partial charge in [-0.3, -0.25) is 4.79 Å². The number of amides is 1. The Labute approximate surface area is 196 Å². The van der Waals surface area contributed by atoms with Crippen LogP contribution in [0.3, 0.4) is 0 Å². The van der Waals surface area contributed by atoms with Crippen LogP contribution in [0, 0.1) is 0 Å². The molecule has 0 saturated heterocycles. The summed E-state index contributed by atoms with van der Waals surface area (Å²) in [4.78, 5) is 27.3. The van der Waals surface area contributed by atoms with E-state index in [4.69, 9.17) is 4.74 Å². The van der Waals surface area contributed by atoms with Crippen molar-refractivity contribution in [1.29, 1.82) is 0 Å². The summed E-state index contributed by atoms with van der Waals surface area (Å²) in [6.45, 7) is 2.08. The van der Waals surface area contributed by atoms with Crippen molar-refractivity contribution in [2.45, 2.75) is 17.7 Å². The molecule has 7 nitrogen and oxygen atoms in total. The second-order valence-electron chi connectivity index (χ2n) is 7.48. The first-order valence-electron chi connectivity index (χ1n) is 10.5. The van der Waals surface area contributed by atoms with Crippen molar-refractivity contribution in [1.82, 2.24) is 15.3 Å². The quantitative estimate of drug-likeness (QED) is 0.394. The monoisotopic (exact) mass is 469 g/mol. The normalized spacial score (nSPS) is 14.8. The van der Waals surface area contributed by atoms with Gasteiger partial charge in [-0.2, -0.15) is 0 Å². The number of fused-ring (bicyclic) bond motifs is 1. The van der Waals surface area contributed by atoms with Crippen molar-refractivity contribution in [3.63, 3.8) is 0 Å². The van der Waals surface area contributed by atoms with E-state index in [0.717, 1.165) is 24.4 Å². The molecule has 1 aliphatic rings. The molecule has 0 spiro atoms. The van der Waals surface area contributed by atoms with Crippen LogP contribution < -0.4 is 19.9 Å². The van der Waals surface area contributed by atoms with Crippen molar-refractivity contribution in [3.8, 4) is 5.75 Å². The fraction of sp³-hybridized carbons (Fsp3) is 0.348. The summed E-state index contributed by atoms with van der Waals surface area (Å²) in [7, 11) is 3.90. The summed E-state index contributed by atoms with van der Waals surface area (Å²) in [5.74, 6) is 1.32. The summed E-state index contributed by atoms with van der Waals surface area (Å²) in [6.07, 6.45) is 4.38. The predicted molar refractivity (Wildman–Crippen MR) is 131 cm³/mol. The Balaban J connectivity index is 1.60. The number of hydrogen-bond acceptors (Lipinski definition) is 8. The Bertz CT molecular complexity index is 1060. The molecule has 1 aromatic carbocycles. The average Bonchev–Trinajstić information content (AvgIpc) is 3.32. The van der Waals surface area contributed by atoms with Crippen LogP contribution in [-0.2, 0) is 0 Å². The first-order chi connectivity index (χ1) is 15.6. The maximum Gasteiger partial charge on any atom is 0.263 e. The van der Waals surface area contributed by atoms with Crippen molar-refractivity contribution < 1.29 is 9.53 Å². The highest BCUT2D eigenvalue weighted by molar-refractivity contribution is 7.98. The Hall–Kier alpha value is -2.62. The molecule has 168 valence electrons. The number of nitrogens with one attached hydrogen (secondary N) is 1. The van der Waals surface area contributed by atoms with Gasteiger partial charge in [0.15, 0.2) is 5.16 Å². The molecule has 3 aromatic rings.